The molecule has 0 fully saturated rings. The van der Waals surface area contributed by atoms with Crippen molar-refractivity contribution >= 4 is 39.7 Å². The summed E-state index contributed by atoms with van der Waals surface area (Å²) < 4.78 is 36.7. The highest BCUT2D eigenvalue weighted by Gasteiger charge is 2.28. The van der Waals surface area contributed by atoms with Gasteiger partial charge in [-0.25, -0.2) is 0 Å². The maximum atomic E-state index is 12.2. The van der Waals surface area contributed by atoms with Gasteiger partial charge in [0.2, 0.25) is 0 Å². The number of carbonyl (C=O) groups is 1. The van der Waals surface area contributed by atoms with E-state index in [0.29, 0.717) is 11.4 Å². The number of carbonyl (C=O) groups excluding carboxylic acids is 1. The first kappa shape index (κ1) is 17.0. The Labute approximate surface area is 123 Å². The monoisotopic (exact) mass is 327 g/mol. The average molecular weight is 327 g/mol. The molecule has 9 heteroatoms. The first-order valence-corrected chi connectivity index (χ1v) is 7.89. The molecule has 0 unspecified atom stereocenters. The molecule has 4 nitrogen and oxygen atoms in total. The molecule has 0 spiro atoms. The van der Waals surface area contributed by atoms with E-state index in [0.717, 1.165) is 17.8 Å². The summed E-state index contributed by atoms with van der Waals surface area (Å²) in [6.45, 7) is 1.24. The van der Waals surface area contributed by atoms with E-state index in [2.05, 4.69) is 10.6 Å². The topological polar surface area (TPSA) is 67.2 Å². The van der Waals surface area contributed by atoms with Crippen LogP contribution < -0.4 is 16.4 Å². The molecule has 0 bridgehead atoms. The summed E-state index contributed by atoms with van der Waals surface area (Å²) in [6, 6.07) is 0. The van der Waals surface area contributed by atoms with E-state index in [4.69, 9.17) is 5.73 Å². The van der Waals surface area contributed by atoms with Gasteiger partial charge in [-0.05, 0) is 12.7 Å². The lowest BCUT2D eigenvalue weighted by atomic mass is 10.3. The number of amides is 1. The molecule has 0 aliphatic carbocycles. The molecule has 0 saturated carbocycles. The van der Waals surface area contributed by atoms with Crippen molar-refractivity contribution in [1.29, 1.82) is 0 Å². The zero-order valence-electron chi connectivity index (χ0n) is 11.1. The van der Waals surface area contributed by atoms with Crippen LogP contribution in [0.2, 0.25) is 0 Å². The highest BCUT2D eigenvalue weighted by molar-refractivity contribution is 7.99. The number of nitrogens with one attached hydrogen (secondary N) is 2. The van der Waals surface area contributed by atoms with Crippen molar-refractivity contribution in [3.63, 3.8) is 0 Å². The van der Waals surface area contributed by atoms with Crippen molar-refractivity contribution in [2.24, 2.45) is 0 Å². The lowest BCUT2D eigenvalue weighted by molar-refractivity contribution is -0.115. The van der Waals surface area contributed by atoms with E-state index in [1.165, 1.54) is 11.8 Å². The van der Waals surface area contributed by atoms with Crippen LogP contribution in [0.5, 0.6) is 0 Å². The number of thiophene rings is 1. The van der Waals surface area contributed by atoms with E-state index < -0.39 is 12.7 Å². The van der Waals surface area contributed by atoms with Crippen LogP contribution in [0.1, 0.15) is 23.0 Å². The van der Waals surface area contributed by atoms with Crippen molar-refractivity contribution in [1.82, 2.24) is 5.32 Å². The van der Waals surface area contributed by atoms with E-state index in [1.54, 1.807) is 6.26 Å². The van der Waals surface area contributed by atoms with Gasteiger partial charge in [0, 0.05) is 6.54 Å². The highest BCUT2D eigenvalue weighted by Crippen LogP contribution is 2.41. The number of hydrogen-bond acceptors (Lipinski definition) is 5. The zero-order chi connectivity index (χ0) is 15.3. The summed E-state index contributed by atoms with van der Waals surface area (Å²) in [7, 11) is 0. The van der Waals surface area contributed by atoms with Gasteiger partial charge in [0.15, 0.2) is 0 Å². The van der Waals surface area contributed by atoms with Gasteiger partial charge >= 0.3 is 6.18 Å². The predicted molar refractivity (Wildman–Crippen MR) is 77.7 cm³/mol. The van der Waals surface area contributed by atoms with E-state index in [1.807, 2.05) is 6.92 Å². The lowest BCUT2D eigenvalue weighted by Crippen LogP contribution is -2.23. The van der Waals surface area contributed by atoms with Crippen LogP contribution in [-0.4, -0.2) is 31.4 Å². The first-order chi connectivity index (χ1) is 9.30. The molecule has 0 aliphatic rings. The van der Waals surface area contributed by atoms with Crippen LogP contribution in [0.15, 0.2) is 4.90 Å². The molecule has 1 amide bonds. The van der Waals surface area contributed by atoms with Crippen molar-refractivity contribution in [2.45, 2.75) is 24.4 Å². The second-order valence-electron chi connectivity index (χ2n) is 3.93. The largest absolute Gasteiger partial charge is 0.405 e. The molecule has 0 radical (unpaired) electrons. The third-order valence-corrected chi connectivity index (χ3v) is 4.42. The fourth-order valence-electron chi connectivity index (χ4n) is 1.42. The summed E-state index contributed by atoms with van der Waals surface area (Å²) in [6.07, 6.45) is -1.85. The second kappa shape index (κ2) is 7.07. The van der Waals surface area contributed by atoms with Crippen molar-refractivity contribution in [2.75, 3.05) is 30.4 Å². The van der Waals surface area contributed by atoms with Gasteiger partial charge in [0.25, 0.3) is 5.91 Å². The molecular formula is C11H16F3N3OS2. The van der Waals surface area contributed by atoms with Crippen molar-refractivity contribution in [3.8, 4) is 0 Å². The third kappa shape index (κ3) is 4.48. The van der Waals surface area contributed by atoms with Crippen LogP contribution >= 0.6 is 23.1 Å². The predicted octanol–water partition coefficient (Wildman–Crippen LogP) is 3.17. The Morgan fingerprint density at radius 2 is 2.10 bits per heavy atom. The summed E-state index contributed by atoms with van der Waals surface area (Å²) in [5, 5.41) is 5.22. The van der Waals surface area contributed by atoms with Gasteiger partial charge in [-0.3, -0.25) is 4.79 Å². The quantitative estimate of drug-likeness (QED) is 0.702. The van der Waals surface area contributed by atoms with Gasteiger partial charge < -0.3 is 16.4 Å². The van der Waals surface area contributed by atoms with Crippen LogP contribution in [0, 0.1) is 0 Å². The lowest BCUT2D eigenvalue weighted by Gasteiger charge is -2.08. The number of thioether (sulfide) groups is 1. The minimum absolute atomic E-state index is 0.223. The number of nitrogen functional groups attached to an aromatic ring is 1. The molecule has 0 saturated heterocycles. The molecule has 1 aromatic heterocycles. The van der Waals surface area contributed by atoms with Gasteiger partial charge in [-0.1, -0.05) is 6.92 Å². The minimum Gasteiger partial charge on any atom is -0.396 e. The molecular weight excluding hydrogens is 311 g/mol. The molecule has 0 aromatic carbocycles. The fourth-order valence-corrected chi connectivity index (χ4v) is 3.36. The van der Waals surface area contributed by atoms with Gasteiger partial charge in [-0.15, -0.1) is 23.1 Å². The Bertz CT molecular complexity index is 474. The molecule has 0 atom stereocenters. The summed E-state index contributed by atoms with van der Waals surface area (Å²) in [5.41, 5.74) is 6.06. The Morgan fingerprint density at radius 3 is 2.60 bits per heavy atom. The standard InChI is InChI=1S/C11H16F3N3OS2/c1-3-4-16-9(18)7-6(15)8(19-2)10(20-7)17-5-11(12,13)14/h17H,3-5,15H2,1-2H3,(H,16,18). The van der Waals surface area contributed by atoms with Crippen molar-refractivity contribution < 1.29 is 18.0 Å². The summed E-state index contributed by atoms with van der Waals surface area (Å²) in [4.78, 5) is 12.6. The maximum absolute atomic E-state index is 12.2. The van der Waals surface area contributed by atoms with Crippen LogP contribution in [0.4, 0.5) is 23.9 Å². The Kier molecular flexibility index (Phi) is 6.00. The number of rotatable bonds is 6. The SMILES string of the molecule is CCCNC(=O)c1sc(NCC(F)(F)F)c(SC)c1N. The summed E-state index contributed by atoms with van der Waals surface area (Å²) in [5.74, 6) is -0.357. The van der Waals surface area contributed by atoms with E-state index in [-0.39, 0.29) is 21.5 Å². The molecule has 1 rings (SSSR count). The van der Waals surface area contributed by atoms with Gasteiger partial charge in [0.1, 0.15) is 16.4 Å². The van der Waals surface area contributed by atoms with Crippen LogP contribution in [0.3, 0.4) is 0 Å². The Morgan fingerprint density at radius 1 is 1.45 bits per heavy atom. The van der Waals surface area contributed by atoms with Crippen molar-refractivity contribution in [3.05, 3.63) is 4.88 Å². The van der Waals surface area contributed by atoms with E-state index in [9.17, 15) is 18.0 Å². The van der Waals surface area contributed by atoms with Gasteiger partial charge in [0.05, 0.1) is 10.6 Å². The Hall–Kier alpha value is -1.09. The molecule has 1 heterocycles. The summed E-state index contributed by atoms with van der Waals surface area (Å²) >= 11 is 2.15. The molecule has 0 aliphatic heterocycles. The van der Waals surface area contributed by atoms with Crippen LogP contribution in [0.25, 0.3) is 0 Å². The minimum atomic E-state index is -4.32. The number of alkyl halides is 3. The highest BCUT2D eigenvalue weighted by atomic mass is 32.2. The number of hydrogen-bond donors (Lipinski definition) is 3. The number of anilines is 2. The third-order valence-electron chi connectivity index (χ3n) is 2.29. The Balaban J connectivity index is 2.93. The normalized spacial score (nSPS) is 11.4. The fraction of sp³-hybridized carbons (Fsp3) is 0.545. The zero-order valence-corrected chi connectivity index (χ0v) is 12.7. The number of halogens is 3. The molecule has 1 aromatic rings. The second-order valence-corrected chi connectivity index (χ2v) is 5.77. The molecule has 114 valence electrons. The molecule has 20 heavy (non-hydrogen) atoms. The van der Waals surface area contributed by atoms with E-state index >= 15 is 0 Å². The van der Waals surface area contributed by atoms with Crippen LogP contribution in [-0.2, 0) is 0 Å². The maximum Gasteiger partial charge on any atom is 0.405 e. The number of nitrogens with two attached hydrogens (primary N) is 1. The smallest absolute Gasteiger partial charge is 0.396 e. The van der Waals surface area contributed by atoms with Gasteiger partial charge in [-0.2, -0.15) is 13.2 Å². The first-order valence-electron chi connectivity index (χ1n) is 5.85. The molecule has 4 N–H and O–H groups in total. The average Bonchev–Trinajstić information content (AvgIpc) is 2.69.